The zero-order valence-electron chi connectivity index (χ0n) is 8.98. The van der Waals surface area contributed by atoms with Crippen LogP contribution in [0.15, 0.2) is 48.0 Å². The summed E-state index contributed by atoms with van der Waals surface area (Å²) in [4.78, 5) is 4.27. The molecule has 0 aliphatic carbocycles. The van der Waals surface area contributed by atoms with Crippen LogP contribution in [0.2, 0.25) is 0 Å². The number of benzene rings is 1. The zero-order chi connectivity index (χ0) is 11.1. The van der Waals surface area contributed by atoms with Crippen LogP contribution in [-0.4, -0.2) is 12.0 Å². The Bertz CT molecular complexity index is 330. The van der Waals surface area contributed by atoms with Gasteiger partial charge in [-0.05, 0) is 25.5 Å². The summed E-state index contributed by atoms with van der Waals surface area (Å²) in [5, 5.41) is 3.02. The molecule has 3 heteroatoms. The predicted molar refractivity (Wildman–Crippen MR) is 66.0 cm³/mol. The van der Waals surface area contributed by atoms with Gasteiger partial charge in [-0.3, -0.25) is 0 Å². The molecule has 1 aromatic rings. The SMILES string of the molecule is C=CCC(C)N=C(N)Nc1ccccc1. The lowest BCUT2D eigenvalue weighted by Gasteiger charge is -2.07. The van der Waals surface area contributed by atoms with Gasteiger partial charge in [0.15, 0.2) is 5.96 Å². The third-order valence-corrected chi connectivity index (χ3v) is 1.91. The summed E-state index contributed by atoms with van der Waals surface area (Å²) >= 11 is 0. The van der Waals surface area contributed by atoms with Crippen molar-refractivity contribution in [3.8, 4) is 0 Å². The molecule has 0 amide bonds. The minimum atomic E-state index is 0.165. The maximum Gasteiger partial charge on any atom is 0.193 e. The number of hydrogen-bond donors (Lipinski definition) is 2. The highest BCUT2D eigenvalue weighted by atomic mass is 15.1. The molecule has 1 atom stereocenters. The standard InChI is InChI=1S/C12H17N3/c1-3-7-10(2)14-12(13)15-11-8-5-4-6-9-11/h3-6,8-10H,1,7H2,2H3,(H3,13,14,15). The van der Waals surface area contributed by atoms with Crippen molar-refractivity contribution in [3.05, 3.63) is 43.0 Å². The third-order valence-electron chi connectivity index (χ3n) is 1.91. The van der Waals surface area contributed by atoms with Crippen molar-refractivity contribution < 1.29 is 0 Å². The zero-order valence-corrected chi connectivity index (χ0v) is 8.98. The summed E-state index contributed by atoms with van der Waals surface area (Å²) < 4.78 is 0. The number of para-hydroxylation sites is 1. The lowest BCUT2D eigenvalue weighted by molar-refractivity contribution is 0.759. The van der Waals surface area contributed by atoms with E-state index in [1.54, 1.807) is 0 Å². The van der Waals surface area contributed by atoms with E-state index in [-0.39, 0.29) is 6.04 Å². The predicted octanol–water partition coefficient (Wildman–Crippen LogP) is 2.38. The maximum absolute atomic E-state index is 5.74. The normalized spacial score (nSPS) is 13.3. The first-order valence-electron chi connectivity index (χ1n) is 4.98. The van der Waals surface area contributed by atoms with Gasteiger partial charge in [0.25, 0.3) is 0 Å². The van der Waals surface area contributed by atoms with Crippen LogP contribution in [0.1, 0.15) is 13.3 Å². The second-order valence-corrected chi connectivity index (χ2v) is 3.38. The molecule has 0 saturated heterocycles. The van der Waals surface area contributed by atoms with Crippen molar-refractivity contribution >= 4 is 11.6 Å². The molecule has 0 spiro atoms. The smallest absolute Gasteiger partial charge is 0.193 e. The molecule has 15 heavy (non-hydrogen) atoms. The average molecular weight is 203 g/mol. The molecule has 0 aromatic heterocycles. The van der Waals surface area contributed by atoms with Crippen LogP contribution in [0.25, 0.3) is 0 Å². The first-order chi connectivity index (χ1) is 7.22. The van der Waals surface area contributed by atoms with Gasteiger partial charge in [0, 0.05) is 5.69 Å². The molecule has 0 aliphatic heterocycles. The maximum atomic E-state index is 5.74. The first kappa shape index (κ1) is 11.3. The van der Waals surface area contributed by atoms with Gasteiger partial charge < -0.3 is 11.1 Å². The van der Waals surface area contributed by atoms with Gasteiger partial charge in [0.2, 0.25) is 0 Å². The second-order valence-electron chi connectivity index (χ2n) is 3.38. The quantitative estimate of drug-likeness (QED) is 0.448. The van der Waals surface area contributed by atoms with Crippen LogP contribution < -0.4 is 11.1 Å². The lowest BCUT2D eigenvalue weighted by Crippen LogP contribution is -2.24. The van der Waals surface area contributed by atoms with E-state index in [0.717, 1.165) is 12.1 Å². The molecule has 3 N–H and O–H groups in total. The van der Waals surface area contributed by atoms with E-state index in [4.69, 9.17) is 5.73 Å². The van der Waals surface area contributed by atoms with Crippen molar-refractivity contribution in [2.24, 2.45) is 10.7 Å². The summed E-state index contributed by atoms with van der Waals surface area (Å²) in [6.45, 7) is 5.66. The van der Waals surface area contributed by atoms with Crippen molar-refractivity contribution in [3.63, 3.8) is 0 Å². The Morgan fingerprint density at radius 1 is 1.53 bits per heavy atom. The Balaban J connectivity index is 2.55. The van der Waals surface area contributed by atoms with Gasteiger partial charge in [-0.15, -0.1) is 6.58 Å². The number of nitrogens with two attached hydrogens (primary N) is 1. The van der Waals surface area contributed by atoms with Crippen LogP contribution in [0.4, 0.5) is 5.69 Å². The van der Waals surface area contributed by atoms with Gasteiger partial charge >= 0.3 is 0 Å². The third kappa shape index (κ3) is 4.31. The summed E-state index contributed by atoms with van der Waals surface area (Å²) in [6.07, 6.45) is 2.67. The molecule has 0 heterocycles. The van der Waals surface area contributed by atoms with Crippen molar-refractivity contribution in [1.82, 2.24) is 0 Å². The number of guanidine groups is 1. The number of rotatable bonds is 4. The molecule has 3 nitrogen and oxygen atoms in total. The highest BCUT2D eigenvalue weighted by Gasteiger charge is 1.98. The Hall–Kier alpha value is -1.77. The van der Waals surface area contributed by atoms with Gasteiger partial charge in [-0.1, -0.05) is 24.3 Å². The Kier molecular flexibility index (Phi) is 4.41. The number of aliphatic imine (C=N–C) groups is 1. The fourth-order valence-corrected chi connectivity index (χ4v) is 1.23. The van der Waals surface area contributed by atoms with E-state index in [9.17, 15) is 0 Å². The average Bonchev–Trinajstić information content (AvgIpc) is 2.19. The molecule has 80 valence electrons. The van der Waals surface area contributed by atoms with Crippen LogP contribution in [0.5, 0.6) is 0 Å². The number of hydrogen-bond acceptors (Lipinski definition) is 1. The fourth-order valence-electron chi connectivity index (χ4n) is 1.23. The molecule has 0 radical (unpaired) electrons. The van der Waals surface area contributed by atoms with Gasteiger partial charge in [-0.25, -0.2) is 4.99 Å². The number of anilines is 1. The Labute approximate surface area is 90.7 Å². The highest BCUT2D eigenvalue weighted by molar-refractivity contribution is 5.92. The molecular weight excluding hydrogens is 186 g/mol. The minimum absolute atomic E-state index is 0.165. The molecular formula is C12H17N3. The van der Waals surface area contributed by atoms with E-state index in [1.807, 2.05) is 43.3 Å². The van der Waals surface area contributed by atoms with Crippen LogP contribution >= 0.6 is 0 Å². The summed E-state index contributed by atoms with van der Waals surface area (Å²) in [5.74, 6) is 0.440. The van der Waals surface area contributed by atoms with E-state index in [2.05, 4.69) is 16.9 Å². The Morgan fingerprint density at radius 3 is 2.80 bits per heavy atom. The van der Waals surface area contributed by atoms with E-state index in [1.165, 1.54) is 0 Å². The topological polar surface area (TPSA) is 50.4 Å². The van der Waals surface area contributed by atoms with Crippen LogP contribution in [0.3, 0.4) is 0 Å². The number of nitrogens with zero attached hydrogens (tertiary/aromatic N) is 1. The summed E-state index contributed by atoms with van der Waals surface area (Å²) in [7, 11) is 0. The lowest BCUT2D eigenvalue weighted by atomic mass is 10.2. The van der Waals surface area contributed by atoms with Crippen molar-refractivity contribution in [1.29, 1.82) is 0 Å². The van der Waals surface area contributed by atoms with Gasteiger partial charge in [-0.2, -0.15) is 0 Å². The molecule has 1 rings (SSSR count). The first-order valence-corrected chi connectivity index (χ1v) is 4.98. The highest BCUT2D eigenvalue weighted by Crippen LogP contribution is 2.04. The van der Waals surface area contributed by atoms with Crippen molar-refractivity contribution in [2.75, 3.05) is 5.32 Å². The molecule has 0 fully saturated rings. The monoisotopic (exact) mass is 203 g/mol. The molecule has 0 aliphatic rings. The van der Waals surface area contributed by atoms with Crippen LogP contribution in [0, 0.1) is 0 Å². The molecule has 1 unspecified atom stereocenters. The van der Waals surface area contributed by atoms with Gasteiger partial charge in [0.1, 0.15) is 0 Å². The number of nitrogens with one attached hydrogen (secondary N) is 1. The molecule has 0 bridgehead atoms. The molecule has 1 aromatic carbocycles. The Morgan fingerprint density at radius 2 is 2.20 bits per heavy atom. The molecule has 0 saturated carbocycles. The summed E-state index contributed by atoms with van der Waals surface area (Å²) in [5.41, 5.74) is 6.69. The van der Waals surface area contributed by atoms with E-state index in [0.29, 0.717) is 5.96 Å². The van der Waals surface area contributed by atoms with E-state index >= 15 is 0 Å². The largest absolute Gasteiger partial charge is 0.370 e. The second kappa shape index (κ2) is 5.86. The van der Waals surface area contributed by atoms with E-state index < -0.39 is 0 Å². The van der Waals surface area contributed by atoms with Crippen molar-refractivity contribution in [2.45, 2.75) is 19.4 Å². The van der Waals surface area contributed by atoms with Gasteiger partial charge in [0.05, 0.1) is 6.04 Å². The fraction of sp³-hybridized carbons (Fsp3) is 0.250. The van der Waals surface area contributed by atoms with Crippen LogP contribution in [-0.2, 0) is 0 Å². The minimum Gasteiger partial charge on any atom is -0.370 e. The summed E-state index contributed by atoms with van der Waals surface area (Å²) in [6, 6.07) is 9.91.